The van der Waals surface area contributed by atoms with Crippen LogP contribution in [0, 0.1) is 17.8 Å². The van der Waals surface area contributed by atoms with Gasteiger partial charge >= 0.3 is 0 Å². The second kappa shape index (κ2) is 5.64. The minimum absolute atomic E-state index is 0.415. The second-order valence-corrected chi connectivity index (χ2v) is 4.76. The van der Waals surface area contributed by atoms with E-state index >= 15 is 0 Å². The number of aliphatic hydroxyl groups is 1. The van der Waals surface area contributed by atoms with Crippen LogP contribution in [0.15, 0.2) is 0 Å². The number of rotatable bonds is 4. The molecular weight excluding hydrogens is 160 g/mol. The maximum absolute atomic E-state index is 9.28. The first-order chi connectivity index (χ1) is 6.27. The molecule has 1 aliphatic rings. The molecule has 0 aromatic carbocycles. The molecule has 0 aliphatic heterocycles. The summed E-state index contributed by atoms with van der Waals surface area (Å²) in [6, 6.07) is 0. The number of aliphatic hydroxyl groups excluding tert-OH is 1. The molecular formula is C12H24O. The van der Waals surface area contributed by atoms with E-state index in [-0.39, 0.29) is 0 Å². The Hall–Kier alpha value is -0.0400. The van der Waals surface area contributed by atoms with Crippen molar-refractivity contribution >= 4 is 0 Å². The van der Waals surface area contributed by atoms with Crippen LogP contribution < -0.4 is 0 Å². The van der Waals surface area contributed by atoms with Crippen LogP contribution in [0.5, 0.6) is 0 Å². The van der Waals surface area contributed by atoms with Gasteiger partial charge in [0.1, 0.15) is 0 Å². The van der Waals surface area contributed by atoms with Gasteiger partial charge in [-0.3, -0.25) is 0 Å². The lowest BCUT2D eigenvalue weighted by Gasteiger charge is -2.33. The van der Waals surface area contributed by atoms with Crippen molar-refractivity contribution in [3.63, 3.8) is 0 Å². The summed E-state index contributed by atoms with van der Waals surface area (Å²) >= 11 is 0. The van der Waals surface area contributed by atoms with Crippen molar-refractivity contribution < 1.29 is 5.11 Å². The molecule has 1 N–H and O–H groups in total. The smallest absolute Gasteiger partial charge is 0.0462 e. The van der Waals surface area contributed by atoms with Crippen LogP contribution in [0.3, 0.4) is 0 Å². The minimum Gasteiger partial charge on any atom is -0.396 e. The van der Waals surface area contributed by atoms with E-state index in [2.05, 4.69) is 13.8 Å². The fourth-order valence-electron chi connectivity index (χ4n) is 2.63. The molecule has 0 heterocycles. The van der Waals surface area contributed by atoms with Crippen molar-refractivity contribution in [2.75, 3.05) is 6.61 Å². The van der Waals surface area contributed by atoms with Gasteiger partial charge in [0.15, 0.2) is 0 Å². The van der Waals surface area contributed by atoms with Crippen LogP contribution in [0.2, 0.25) is 0 Å². The van der Waals surface area contributed by atoms with Gasteiger partial charge in [0.05, 0.1) is 0 Å². The van der Waals surface area contributed by atoms with Crippen molar-refractivity contribution in [3.05, 3.63) is 0 Å². The molecule has 1 aliphatic carbocycles. The van der Waals surface area contributed by atoms with Crippen molar-refractivity contribution in [2.24, 2.45) is 17.8 Å². The molecule has 0 bridgehead atoms. The van der Waals surface area contributed by atoms with E-state index in [4.69, 9.17) is 0 Å². The third-order valence-corrected chi connectivity index (χ3v) is 3.57. The van der Waals surface area contributed by atoms with Crippen LogP contribution in [0.25, 0.3) is 0 Å². The number of hydrogen-bond donors (Lipinski definition) is 1. The SMILES string of the molecule is CCCCC1CCC(C)CC1CO. The molecule has 3 atom stereocenters. The monoisotopic (exact) mass is 184 g/mol. The highest BCUT2D eigenvalue weighted by atomic mass is 16.3. The predicted molar refractivity (Wildman–Crippen MR) is 56.6 cm³/mol. The first-order valence-corrected chi connectivity index (χ1v) is 5.88. The van der Waals surface area contributed by atoms with E-state index in [0.717, 1.165) is 11.8 Å². The molecule has 0 spiro atoms. The zero-order valence-corrected chi connectivity index (χ0v) is 9.13. The lowest BCUT2D eigenvalue weighted by molar-refractivity contribution is 0.104. The van der Waals surface area contributed by atoms with Crippen molar-refractivity contribution in [2.45, 2.75) is 52.4 Å². The first kappa shape index (κ1) is 11.0. The molecule has 78 valence electrons. The topological polar surface area (TPSA) is 20.2 Å². The summed E-state index contributed by atoms with van der Waals surface area (Å²) in [5, 5.41) is 9.28. The zero-order chi connectivity index (χ0) is 9.68. The van der Waals surface area contributed by atoms with Gasteiger partial charge in [-0.25, -0.2) is 0 Å². The third-order valence-electron chi connectivity index (χ3n) is 3.57. The summed E-state index contributed by atoms with van der Waals surface area (Å²) in [5.41, 5.74) is 0. The first-order valence-electron chi connectivity index (χ1n) is 5.88. The quantitative estimate of drug-likeness (QED) is 0.711. The van der Waals surface area contributed by atoms with Crippen LogP contribution in [-0.2, 0) is 0 Å². The van der Waals surface area contributed by atoms with Crippen LogP contribution in [0.1, 0.15) is 52.4 Å². The summed E-state index contributed by atoms with van der Waals surface area (Å²) in [4.78, 5) is 0. The fraction of sp³-hybridized carbons (Fsp3) is 1.00. The Kier molecular flexibility index (Phi) is 4.79. The molecule has 1 saturated carbocycles. The molecule has 13 heavy (non-hydrogen) atoms. The van der Waals surface area contributed by atoms with Crippen LogP contribution in [0.4, 0.5) is 0 Å². The molecule has 0 amide bonds. The number of hydrogen-bond acceptors (Lipinski definition) is 1. The molecule has 0 aromatic heterocycles. The van der Waals surface area contributed by atoms with E-state index in [9.17, 15) is 5.11 Å². The van der Waals surface area contributed by atoms with Gasteiger partial charge in [0.25, 0.3) is 0 Å². The van der Waals surface area contributed by atoms with Gasteiger partial charge in [-0.05, 0) is 30.6 Å². The van der Waals surface area contributed by atoms with E-state index in [1.54, 1.807) is 0 Å². The van der Waals surface area contributed by atoms with Crippen LogP contribution in [-0.4, -0.2) is 11.7 Å². The molecule has 0 radical (unpaired) electrons. The standard InChI is InChI=1S/C12H24O/c1-3-4-5-11-7-6-10(2)8-12(11)9-13/h10-13H,3-9H2,1-2H3. The Labute approximate surface area is 82.5 Å². The van der Waals surface area contributed by atoms with Gasteiger partial charge in [-0.15, -0.1) is 0 Å². The average Bonchev–Trinajstić information content (AvgIpc) is 2.16. The van der Waals surface area contributed by atoms with E-state index in [1.807, 2.05) is 0 Å². The maximum atomic E-state index is 9.28. The van der Waals surface area contributed by atoms with E-state index in [0.29, 0.717) is 12.5 Å². The van der Waals surface area contributed by atoms with E-state index < -0.39 is 0 Å². The molecule has 0 saturated heterocycles. The summed E-state index contributed by atoms with van der Waals surface area (Å²) in [5.74, 6) is 2.27. The predicted octanol–water partition coefficient (Wildman–Crippen LogP) is 3.22. The Morgan fingerprint density at radius 1 is 1.23 bits per heavy atom. The zero-order valence-electron chi connectivity index (χ0n) is 9.13. The number of unbranched alkanes of at least 4 members (excludes halogenated alkanes) is 1. The van der Waals surface area contributed by atoms with Gasteiger partial charge in [0.2, 0.25) is 0 Å². The van der Waals surface area contributed by atoms with Gasteiger partial charge in [-0.1, -0.05) is 39.5 Å². The summed E-state index contributed by atoms with van der Waals surface area (Å²) in [7, 11) is 0. The summed E-state index contributed by atoms with van der Waals surface area (Å²) < 4.78 is 0. The third kappa shape index (κ3) is 3.30. The highest BCUT2D eigenvalue weighted by molar-refractivity contribution is 4.77. The lowest BCUT2D eigenvalue weighted by atomic mass is 9.73. The Bertz CT molecular complexity index is 131. The van der Waals surface area contributed by atoms with Gasteiger partial charge in [0, 0.05) is 6.61 Å². The summed E-state index contributed by atoms with van der Waals surface area (Å²) in [6.07, 6.45) is 7.97. The second-order valence-electron chi connectivity index (χ2n) is 4.76. The molecule has 1 heteroatoms. The maximum Gasteiger partial charge on any atom is 0.0462 e. The Morgan fingerprint density at radius 2 is 2.00 bits per heavy atom. The largest absolute Gasteiger partial charge is 0.396 e. The Balaban J connectivity index is 2.33. The molecule has 0 aromatic rings. The van der Waals surface area contributed by atoms with E-state index in [1.165, 1.54) is 38.5 Å². The lowest BCUT2D eigenvalue weighted by Crippen LogP contribution is -2.26. The van der Waals surface area contributed by atoms with Crippen LogP contribution >= 0.6 is 0 Å². The molecule has 3 unspecified atom stereocenters. The normalized spacial score (nSPS) is 34.8. The minimum atomic E-state index is 0.415. The van der Waals surface area contributed by atoms with Crippen molar-refractivity contribution in [1.82, 2.24) is 0 Å². The van der Waals surface area contributed by atoms with Crippen molar-refractivity contribution in [3.8, 4) is 0 Å². The fourth-order valence-corrected chi connectivity index (χ4v) is 2.63. The molecule has 1 nitrogen and oxygen atoms in total. The molecule has 1 rings (SSSR count). The van der Waals surface area contributed by atoms with Gasteiger partial charge < -0.3 is 5.11 Å². The van der Waals surface area contributed by atoms with Crippen molar-refractivity contribution in [1.29, 1.82) is 0 Å². The average molecular weight is 184 g/mol. The summed E-state index contributed by atoms with van der Waals surface area (Å²) in [6.45, 7) is 4.98. The highest BCUT2D eigenvalue weighted by Crippen LogP contribution is 2.36. The Morgan fingerprint density at radius 3 is 2.62 bits per heavy atom. The highest BCUT2D eigenvalue weighted by Gasteiger charge is 2.27. The molecule has 1 fully saturated rings. The van der Waals surface area contributed by atoms with Gasteiger partial charge in [-0.2, -0.15) is 0 Å².